The smallest absolute Gasteiger partial charge is 0.387 e. The Hall–Kier alpha value is -3.03. The highest BCUT2D eigenvalue weighted by Crippen LogP contribution is 2.18. The molecule has 2 aromatic carbocycles. The van der Waals surface area contributed by atoms with Crippen LogP contribution in [-0.2, 0) is 9.63 Å². The van der Waals surface area contributed by atoms with Gasteiger partial charge in [-0.15, -0.1) is 0 Å². The molecule has 0 aromatic heterocycles. The molecule has 0 saturated carbocycles. The van der Waals surface area contributed by atoms with Gasteiger partial charge in [0.25, 0.3) is 5.91 Å². The Morgan fingerprint density at radius 1 is 1.21 bits per heavy atom. The molecule has 0 radical (unpaired) electrons. The lowest BCUT2D eigenvalue weighted by Gasteiger charge is -2.07. The van der Waals surface area contributed by atoms with Crippen molar-refractivity contribution < 1.29 is 27.5 Å². The zero-order chi connectivity index (χ0) is 17.4. The number of carbonyl (C=O) groups excluding carboxylic acids is 1. The number of nitrogens with one attached hydrogen (secondary N) is 1. The fourth-order valence-corrected chi connectivity index (χ4v) is 1.74. The second-order valence-corrected chi connectivity index (χ2v) is 4.48. The SMILES string of the molecule is O=C(CO/N=C/c1ccccc1OC(F)F)Nc1cccc(F)c1. The Morgan fingerprint density at radius 3 is 2.75 bits per heavy atom. The second-order valence-electron chi connectivity index (χ2n) is 4.48. The first kappa shape index (κ1) is 17.3. The summed E-state index contributed by atoms with van der Waals surface area (Å²) in [6.07, 6.45) is 1.15. The van der Waals surface area contributed by atoms with Gasteiger partial charge in [-0.25, -0.2) is 4.39 Å². The van der Waals surface area contributed by atoms with Gasteiger partial charge in [0.05, 0.1) is 6.21 Å². The van der Waals surface area contributed by atoms with Gasteiger partial charge in [-0.2, -0.15) is 8.78 Å². The Balaban J connectivity index is 1.85. The molecule has 0 aliphatic rings. The summed E-state index contributed by atoms with van der Waals surface area (Å²) >= 11 is 0. The molecule has 0 bridgehead atoms. The van der Waals surface area contributed by atoms with E-state index in [1.807, 2.05) is 0 Å². The summed E-state index contributed by atoms with van der Waals surface area (Å²) in [5.41, 5.74) is 0.548. The molecular formula is C16H13F3N2O3. The Kier molecular flexibility index (Phi) is 6.18. The molecule has 0 aliphatic carbocycles. The van der Waals surface area contributed by atoms with Crippen molar-refractivity contribution in [2.24, 2.45) is 5.16 Å². The van der Waals surface area contributed by atoms with Gasteiger partial charge in [0.2, 0.25) is 0 Å². The Morgan fingerprint density at radius 2 is 2.00 bits per heavy atom. The second kappa shape index (κ2) is 8.56. The van der Waals surface area contributed by atoms with Gasteiger partial charge in [-0.05, 0) is 30.3 Å². The number of hydrogen-bond acceptors (Lipinski definition) is 4. The summed E-state index contributed by atoms with van der Waals surface area (Å²) in [4.78, 5) is 16.4. The normalized spacial score (nSPS) is 10.8. The van der Waals surface area contributed by atoms with Gasteiger partial charge in [0.15, 0.2) is 6.61 Å². The number of carbonyl (C=O) groups is 1. The van der Waals surface area contributed by atoms with E-state index in [1.165, 1.54) is 36.4 Å². The highest BCUT2D eigenvalue weighted by atomic mass is 19.3. The fraction of sp³-hybridized carbons (Fsp3) is 0.125. The first-order valence-electron chi connectivity index (χ1n) is 6.79. The maximum Gasteiger partial charge on any atom is 0.387 e. The van der Waals surface area contributed by atoms with E-state index in [2.05, 4.69) is 15.2 Å². The standard InChI is InChI=1S/C16H13F3N2O3/c17-12-5-3-6-13(8-12)21-15(22)10-23-20-9-11-4-1-2-7-14(11)24-16(18)19/h1-9,16H,10H2,(H,21,22)/b20-9+. The predicted molar refractivity (Wildman–Crippen MR) is 81.6 cm³/mol. The van der Waals surface area contributed by atoms with Crippen molar-refractivity contribution >= 4 is 17.8 Å². The van der Waals surface area contributed by atoms with Crippen LogP contribution in [0.1, 0.15) is 5.56 Å². The van der Waals surface area contributed by atoms with E-state index in [-0.39, 0.29) is 17.0 Å². The van der Waals surface area contributed by atoms with Gasteiger partial charge >= 0.3 is 6.61 Å². The zero-order valence-corrected chi connectivity index (χ0v) is 12.3. The number of ether oxygens (including phenoxy) is 1. The molecule has 5 nitrogen and oxygen atoms in total. The summed E-state index contributed by atoms with van der Waals surface area (Å²) in [6, 6.07) is 11.3. The molecule has 24 heavy (non-hydrogen) atoms. The van der Waals surface area contributed by atoms with Crippen molar-refractivity contribution in [2.45, 2.75) is 6.61 Å². The molecular weight excluding hydrogens is 325 g/mol. The Bertz CT molecular complexity index is 723. The first-order valence-corrected chi connectivity index (χ1v) is 6.79. The van der Waals surface area contributed by atoms with E-state index in [0.717, 1.165) is 12.3 Å². The summed E-state index contributed by atoms with van der Waals surface area (Å²) < 4.78 is 41.8. The van der Waals surface area contributed by atoms with Crippen LogP contribution in [0.5, 0.6) is 5.75 Å². The monoisotopic (exact) mass is 338 g/mol. The van der Waals surface area contributed by atoms with Crippen LogP contribution in [0.4, 0.5) is 18.9 Å². The van der Waals surface area contributed by atoms with Gasteiger partial charge in [0.1, 0.15) is 11.6 Å². The number of anilines is 1. The summed E-state index contributed by atoms with van der Waals surface area (Å²) in [5.74, 6) is -1.10. The number of amides is 1. The quantitative estimate of drug-likeness (QED) is 0.622. The van der Waals surface area contributed by atoms with Crippen molar-refractivity contribution in [3.05, 3.63) is 59.9 Å². The number of rotatable bonds is 7. The van der Waals surface area contributed by atoms with Crippen LogP contribution in [-0.4, -0.2) is 25.3 Å². The highest BCUT2D eigenvalue weighted by molar-refractivity contribution is 5.91. The molecule has 0 saturated heterocycles. The van der Waals surface area contributed by atoms with E-state index in [4.69, 9.17) is 4.84 Å². The highest BCUT2D eigenvalue weighted by Gasteiger charge is 2.08. The van der Waals surface area contributed by atoms with Crippen molar-refractivity contribution in [1.29, 1.82) is 0 Å². The largest absolute Gasteiger partial charge is 0.434 e. The maximum atomic E-state index is 13.0. The molecule has 0 heterocycles. The minimum atomic E-state index is -2.96. The van der Waals surface area contributed by atoms with Crippen LogP contribution in [0.15, 0.2) is 53.7 Å². The molecule has 1 amide bonds. The molecule has 0 aliphatic heterocycles. The lowest BCUT2D eigenvalue weighted by Crippen LogP contribution is -2.17. The maximum absolute atomic E-state index is 13.0. The lowest BCUT2D eigenvalue weighted by molar-refractivity contribution is -0.120. The summed E-state index contributed by atoms with van der Waals surface area (Å²) in [7, 11) is 0. The molecule has 2 rings (SSSR count). The molecule has 2 aromatic rings. The van der Waals surface area contributed by atoms with Crippen LogP contribution in [0, 0.1) is 5.82 Å². The van der Waals surface area contributed by atoms with Crippen LogP contribution < -0.4 is 10.1 Å². The topological polar surface area (TPSA) is 59.9 Å². The van der Waals surface area contributed by atoms with Crippen LogP contribution in [0.2, 0.25) is 0 Å². The number of halogens is 3. The van der Waals surface area contributed by atoms with Crippen molar-refractivity contribution in [2.75, 3.05) is 11.9 Å². The Labute approximate surface area is 135 Å². The third-order valence-electron chi connectivity index (χ3n) is 2.71. The van der Waals surface area contributed by atoms with Crippen molar-refractivity contribution in [3.8, 4) is 5.75 Å². The molecule has 126 valence electrons. The van der Waals surface area contributed by atoms with E-state index in [9.17, 15) is 18.0 Å². The average molecular weight is 338 g/mol. The van der Waals surface area contributed by atoms with E-state index in [1.54, 1.807) is 6.07 Å². The zero-order valence-electron chi connectivity index (χ0n) is 12.3. The minimum absolute atomic E-state index is 0.0657. The average Bonchev–Trinajstić information content (AvgIpc) is 2.52. The lowest BCUT2D eigenvalue weighted by atomic mass is 10.2. The van der Waals surface area contributed by atoms with Gasteiger partial charge in [-0.1, -0.05) is 23.4 Å². The van der Waals surface area contributed by atoms with Crippen molar-refractivity contribution in [1.82, 2.24) is 0 Å². The van der Waals surface area contributed by atoms with E-state index in [0.29, 0.717) is 0 Å². The molecule has 0 unspecified atom stereocenters. The number of oxime groups is 1. The third kappa shape index (κ3) is 5.64. The number of alkyl halides is 2. The van der Waals surface area contributed by atoms with Gasteiger partial charge in [-0.3, -0.25) is 4.79 Å². The van der Waals surface area contributed by atoms with E-state index < -0.39 is 24.9 Å². The molecule has 0 atom stereocenters. The van der Waals surface area contributed by atoms with Crippen molar-refractivity contribution in [3.63, 3.8) is 0 Å². The molecule has 0 spiro atoms. The number of para-hydroxylation sites is 1. The van der Waals surface area contributed by atoms with Crippen LogP contribution >= 0.6 is 0 Å². The third-order valence-corrected chi connectivity index (χ3v) is 2.71. The molecule has 8 heteroatoms. The number of nitrogens with zero attached hydrogens (tertiary/aromatic N) is 1. The molecule has 0 fully saturated rings. The fourth-order valence-electron chi connectivity index (χ4n) is 1.74. The van der Waals surface area contributed by atoms with Gasteiger partial charge in [0, 0.05) is 11.3 Å². The number of benzene rings is 2. The minimum Gasteiger partial charge on any atom is -0.434 e. The van der Waals surface area contributed by atoms with Crippen LogP contribution in [0.3, 0.4) is 0 Å². The molecule has 1 N–H and O–H groups in total. The van der Waals surface area contributed by atoms with Gasteiger partial charge < -0.3 is 14.9 Å². The summed E-state index contributed by atoms with van der Waals surface area (Å²) in [6.45, 7) is -3.39. The number of hydrogen-bond donors (Lipinski definition) is 1. The summed E-state index contributed by atoms with van der Waals surface area (Å²) in [5, 5.41) is 5.94. The predicted octanol–water partition coefficient (Wildman–Crippen LogP) is 3.42. The van der Waals surface area contributed by atoms with Crippen LogP contribution in [0.25, 0.3) is 0 Å². The van der Waals surface area contributed by atoms with E-state index >= 15 is 0 Å². The first-order chi connectivity index (χ1) is 11.5.